The maximum Gasteiger partial charge on any atom is 0.309 e. The van der Waals surface area contributed by atoms with E-state index in [2.05, 4.69) is 0 Å². The average Bonchev–Trinajstić information content (AvgIpc) is 2.39. The van der Waals surface area contributed by atoms with Crippen LogP contribution in [0.5, 0.6) is 0 Å². The van der Waals surface area contributed by atoms with Gasteiger partial charge in [-0.25, -0.2) is 0 Å². The van der Waals surface area contributed by atoms with Gasteiger partial charge in [0.05, 0.1) is 25.7 Å². The Kier molecular flexibility index (Phi) is 6.67. The van der Waals surface area contributed by atoms with Gasteiger partial charge in [-0.05, 0) is 19.8 Å². The van der Waals surface area contributed by atoms with E-state index in [0.717, 1.165) is 0 Å². The standard InChI is InChI=1S/C12H21NO5/c1-2-18-12(16)10-3-5-13(6-4-10)11(15)9-17-8-7-14/h10,14H,2-9H2,1H3. The number of aliphatic hydroxyl groups excluding tert-OH is 1. The minimum atomic E-state index is -0.166. The van der Waals surface area contributed by atoms with E-state index in [9.17, 15) is 9.59 Å². The molecule has 0 aliphatic carbocycles. The zero-order valence-electron chi connectivity index (χ0n) is 10.8. The van der Waals surface area contributed by atoms with E-state index in [0.29, 0.717) is 32.5 Å². The topological polar surface area (TPSA) is 76.1 Å². The molecule has 1 N–H and O–H groups in total. The minimum absolute atomic E-state index is 0.00929. The van der Waals surface area contributed by atoms with E-state index >= 15 is 0 Å². The molecule has 104 valence electrons. The number of aliphatic hydroxyl groups is 1. The molecule has 6 heteroatoms. The summed E-state index contributed by atoms with van der Waals surface area (Å²) in [7, 11) is 0. The van der Waals surface area contributed by atoms with Crippen molar-refractivity contribution < 1.29 is 24.2 Å². The van der Waals surface area contributed by atoms with Crippen LogP contribution in [0.15, 0.2) is 0 Å². The van der Waals surface area contributed by atoms with E-state index in [1.807, 2.05) is 0 Å². The van der Waals surface area contributed by atoms with Gasteiger partial charge in [0.15, 0.2) is 0 Å². The van der Waals surface area contributed by atoms with Gasteiger partial charge in [-0.3, -0.25) is 9.59 Å². The van der Waals surface area contributed by atoms with Gasteiger partial charge < -0.3 is 19.5 Å². The van der Waals surface area contributed by atoms with Crippen molar-refractivity contribution in [3.8, 4) is 0 Å². The summed E-state index contributed by atoms with van der Waals surface area (Å²) in [6.45, 7) is 3.38. The normalized spacial score (nSPS) is 16.7. The van der Waals surface area contributed by atoms with E-state index < -0.39 is 0 Å². The molecule has 0 aromatic carbocycles. The SMILES string of the molecule is CCOC(=O)C1CCN(C(=O)COCCO)CC1. The molecule has 0 bridgehead atoms. The summed E-state index contributed by atoms with van der Waals surface area (Å²) in [5.74, 6) is -0.348. The Hall–Kier alpha value is -1.14. The highest BCUT2D eigenvalue weighted by atomic mass is 16.5. The highest BCUT2D eigenvalue weighted by Gasteiger charge is 2.27. The second-order valence-corrected chi connectivity index (χ2v) is 4.18. The fourth-order valence-corrected chi connectivity index (χ4v) is 1.94. The van der Waals surface area contributed by atoms with Crippen LogP contribution in [0, 0.1) is 5.92 Å². The smallest absolute Gasteiger partial charge is 0.309 e. The number of likely N-dealkylation sites (tertiary alicyclic amines) is 1. The first-order valence-corrected chi connectivity index (χ1v) is 6.32. The second-order valence-electron chi connectivity index (χ2n) is 4.18. The van der Waals surface area contributed by atoms with Gasteiger partial charge in [0.25, 0.3) is 0 Å². The lowest BCUT2D eigenvalue weighted by Crippen LogP contribution is -2.42. The van der Waals surface area contributed by atoms with Gasteiger partial charge in [0.1, 0.15) is 6.61 Å². The quantitative estimate of drug-likeness (QED) is 0.528. The Morgan fingerprint density at radius 1 is 1.33 bits per heavy atom. The molecule has 1 aliphatic heterocycles. The van der Waals surface area contributed by atoms with Crippen molar-refractivity contribution >= 4 is 11.9 Å². The van der Waals surface area contributed by atoms with Crippen LogP contribution in [-0.4, -0.2) is 61.4 Å². The van der Waals surface area contributed by atoms with Crippen molar-refractivity contribution in [1.82, 2.24) is 4.90 Å². The van der Waals surface area contributed by atoms with Gasteiger partial charge in [0, 0.05) is 13.1 Å². The molecule has 0 radical (unpaired) electrons. The Morgan fingerprint density at radius 2 is 2.00 bits per heavy atom. The highest BCUT2D eigenvalue weighted by molar-refractivity contribution is 5.78. The van der Waals surface area contributed by atoms with Crippen LogP contribution < -0.4 is 0 Å². The maximum absolute atomic E-state index is 11.7. The molecular formula is C12H21NO5. The highest BCUT2D eigenvalue weighted by Crippen LogP contribution is 2.18. The predicted molar refractivity (Wildman–Crippen MR) is 63.8 cm³/mol. The Bertz CT molecular complexity index is 274. The largest absolute Gasteiger partial charge is 0.466 e. The molecule has 1 heterocycles. The number of ether oxygens (including phenoxy) is 2. The first-order chi connectivity index (χ1) is 8.69. The third-order valence-electron chi connectivity index (χ3n) is 2.93. The molecule has 6 nitrogen and oxygen atoms in total. The number of esters is 1. The number of hydrogen-bond acceptors (Lipinski definition) is 5. The number of piperidine rings is 1. The zero-order valence-corrected chi connectivity index (χ0v) is 10.8. The average molecular weight is 259 g/mol. The van der Waals surface area contributed by atoms with E-state index in [4.69, 9.17) is 14.6 Å². The van der Waals surface area contributed by atoms with E-state index in [1.54, 1.807) is 11.8 Å². The number of nitrogens with zero attached hydrogens (tertiary/aromatic N) is 1. The Labute approximate surface area is 107 Å². The lowest BCUT2D eigenvalue weighted by Gasteiger charge is -2.30. The first kappa shape index (κ1) is 14.9. The van der Waals surface area contributed by atoms with Crippen molar-refractivity contribution in [1.29, 1.82) is 0 Å². The molecular weight excluding hydrogens is 238 g/mol. The van der Waals surface area contributed by atoms with Crippen LogP contribution in [0.2, 0.25) is 0 Å². The van der Waals surface area contributed by atoms with Crippen molar-refractivity contribution in [2.45, 2.75) is 19.8 Å². The fourth-order valence-electron chi connectivity index (χ4n) is 1.94. The van der Waals surface area contributed by atoms with Crippen molar-refractivity contribution in [2.24, 2.45) is 5.92 Å². The number of carbonyl (C=O) groups is 2. The van der Waals surface area contributed by atoms with Gasteiger partial charge in [-0.1, -0.05) is 0 Å². The third kappa shape index (κ3) is 4.62. The molecule has 1 fully saturated rings. The van der Waals surface area contributed by atoms with Crippen molar-refractivity contribution in [3.63, 3.8) is 0 Å². The summed E-state index contributed by atoms with van der Waals surface area (Å²) in [5, 5.41) is 8.53. The minimum Gasteiger partial charge on any atom is -0.466 e. The molecule has 0 spiro atoms. The molecule has 0 aromatic rings. The summed E-state index contributed by atoms with van der Waals surface area (Å²) in [6, 6.07) is 0. The third-order valence-corrected chi connectivity index (χ3v) is 2.93. The predicted octanol–water partition coefficient (Wildman–Crippen LogP) is -0.203. The van der Waals surface area contributed by atoms with Gasteiger partial charge in [-0.15, -0.1) is 0 Å². The van der Waals surface area contributed by atoms with Crippen LogP contribution in [0.4, 0.5) is 0 Å². The number of rotatable bonds is 6. The van der Waals surface area contributed by atoms with Crippen molar-refractivity contribution in [3.05, 3.63) is 0 Å². The number of amides is 1. The summed E-state index contributed by atoms with van der Waals surface area (Å²) < 4.78 is 9.94. The summed E-state index contributed by atoms with van der Waals surface area (Å²) in [6.07, 6.45) is 1.29. The number of hydrogen-bond donors (Lipinski definition) is 1. The fraction of sp³-hybridized carbons (Fsp3) is 0.833. The summed E-state index contributed by atoms with van der Waals surface area (Å²) in [4.78, 5) is 24.9. The molecule has 1 saturated heterocycles. The van der Waals surface area contributed by atoms with Crippen LogP contribution in [0.25, 0.3) is 0 Å². The van der Waals surface area contributed by atoms with Crippen LogP contribution in [0.1, 0.15) is 19.8 Å². The summed E-state index contributed by atoms with van der Waals surface area (Å²) in [5.41, 5.74) is 0. The molecule has 1 aliphatic rings. The van der Waals surface area contributed by atoms with Gasteiger partial charge in [0.2, 0.25) is 5.91 Å². The molecule has 18 heavy (non-hydrogen) atoms. The molecule has 1 amide bonds. The van der Waals surface area contributed by atoms with E-state index in [-0.39, 0.29) is 37.6 Å². The Balaban J connectivity index is 2.26. The van der Waals surface area contributed by atoms with Gasteiger partial charge in [-0.2, -0.15) is 0 Å². The summed E-state index contributed by atoms with van der Waals surface area (Å²) >= 11 is 0. The molecule has 0 aromatic heterocycles. The lowest BCUT2D eigenvalue weighted by atomic mass is 9.97. The molecule has 0 unspecified atom stereocenters. The molecule has 0 saturated carbocycles. The molecule has 1 rings (SSSR count). The van der Waals surface area contributed by atoms with Crippen molar-refractivity contribution in [2.75, 3.05) is 39.5 Å². The van der Waals surface area contributed by atoms with Gasteiger partial charge >= 0.3 is 5.97 Å². The monoisotopic (exact) mass is 259 g/mol. The first-order valence-electron chi connectivity index (χ1n) is 6.32. The molecule has 0 atom stereocenters. The van der Waals surface area contributed by atoms with Crippen LogP contribution in [-0.2, 0) is 19.1 Å². The maximum atomic E-state index is 11.7. The zero-order chi connectivity index (χ0) is 13.4. The van der Waals surface area contributed by atoms with E-state index in [1.165, 1.54) is 0 Å². The lowest BCUT2D eigenvalue weighted by molar-refractivity contribution is -0.151. The Morgan fingerprint density at radius 3 is 2.56 bits per heavy atom. The van der Waals surface area contributed by atoms with Crippen LogP contribution >= 0.6 is 0 Å². The number of carbonyl (C=O) groups excluding carboxylic acids is 2. The second kappa shape index (κ2) is 8.05. The van der Waals surface area contributed by atoms with Crippen LogP contribution in [0.3, 0.4) is 0 Å².